The van der Waals surface area contributed by atoms with E-state index in [1.165, 1.54) is 6.07 Å². The van der Waals surface area contributed by atoms with E-state index in [0.29, 0.717) is 9.08 Å². The van der Waals surface area contributed by atoms with Gasteiger partial charge >= 0.3 is 0 Å². The minimum atomic E-state index is -2.62. The first kappa shape index (κ1) is 11.5. The number of pyridine rings is 1. The van der Waals surface area contributed by atoms with Crippen LogP contribution >= 0.6 is 31.9 Å². The van der Waals surface area contributed by atoms with Gasteiger partial charge in [-0.2, -0.15) is 5.26 Å². The van der Waals surface area contributed by atoms with E-state index in [1.807, 2.05) is 0 Å². The molecule has 0 unspecified atom stereocenters. The van der Waals surface area contributed by atoms with Crippen LogP contribution in [0.2, 0.25) is 0 Å². The summed E-state index contributed by atoms with van der Waals surface area (Å²) in [5.74, 6) is 0. The van der Waals surface area contributed by atoms with Crippen molar-refractivity contribution in [2.45, 2.75) is 12.8 Å². The third-order valence-electron chi connectivity index (χ3n) is 1.53. The molecule has 6 heteroatoms. The van der Waals surface area contributed by atoms with Crippen molar-refractivity contribution in [2.24, 2.45) is 0 Å². The van der Waals surface area contributed by atoms with Gasteiger partial charge in [0.15, 0.2) is 0 Å². The molecule has 14 heavy (non-hydrogen) atoms. The number of aromatic nitrogens is 1. The number of hydrogen-bond donors (Lipinski definition) is 0. The standard InChI is InChI=1S/C8H4Br2F2N2/c9-5-3-4(8(11)12)6(1-2-13)14-7(5)10/h3,8H,1H2. The molecule has 0 aliphatic carbocycles. The first-order chi connectivity index (χ1) is 6.56. The van der Waals surface area contributed by atoms with E-state index in [9.17, 15) is 8.78 Å². The van der Waals surface area contributed by atoms with E-state index >= 15 is 0 Å². The van der Waals surface area contributed by atoms with Crippen molar-refractivity contribution in [2.75, 3.05) is 0 Å². The highest BCUT2D eigenvalue weighted by Gasteiger charge is 2.16. The summed E-state index contributed by atoms with van der Waals surface area (Å²) < 4.78 is 25.8. The maximum atomic E-state index is 12.5. The third kappa shape index (κ3) is 2.49. The maximum Gasteiger partial charge on any atom is 0.265 e. The predicted molar refractivity (Wildman–Crippen MR) is 53.9 cm³/mol. The van der Waals surface area contributed by atoms with Crippen molar-refractivity contribution in [3.8, 4) is 6.07 Å². The smallest absolute Gasteiger partial charge is 0.243 e. The first-order valence-corrected chi connectivity index (χ1v) is 5.14. The lowest BCUT2D eigenvalue weighted by molar-refractivity contribution is 0.149. The van der Waals surface area contributed by atoms with Crippen molar-refractivity contribution in [3.05, 3.63) is 26.4 Å². The number of alkyl halides is 2. The van der Waals surface area contributed by atoms with Crippen LogP contribution in [-0.4, -0.2) is 4.98 Å². The average molecular weight is 326 g/mol. The van der Waals surface area contributed by atoms with E-state index < -0.39 is 6.43 Å². The zero-order valence-corrected chi connectivity index (χ0v) is 9.94. The zero-order chi connectivity index (χ0) is 10.7. The molecule has 1 aromatic heterocycles. The fraction of sp³-hybridized carbons (Fsp3) is 0.250. The van der Waals surface area contributed by atoms with Crippen LogP contribution in [0.4, 0.5) is 8.78 Å². The number of halogens is 4. The van der Waals surface area contributed by atoms with Gasteiger partial charge in [-0.05, 0) is 37.9 Å². The zero-order valence-electron chi connectivity index (χ0n) is 6.77. The fourth-order valence-electron chi connectivity index (χ4n) is 0.921. The Bertz CT molecular complexity index is 388. The summed E-state index contributed by atoms with van der Waals surface area (Å²) in [6.07, 6.45) is -2.74. The van der Waals surface area contributed by atoms with Crippen molar-refractivity contribution < 1.29 is 8.78 Å². The van der Waals surface area contributed by atoms with Gasteiger partial charge in [-0.1, -0.05) is 0 Å². The third-order valence-corrected chi connectivity index (χ3v) is 3.27. The molecule has 0 bridgehead atoms. The van der Waals surface area contributed by atoms with E-state index in [2.05, 4.69) is 36.8 Å². The van der Waals surface area contributed by atoms with E-state index in [1.54, 1.807) is 6.07 Å². The molecular weight excluding hydrogens is 322 g/mol. The van der Waals surface area contributed by atoms with E-state index in [0.717, 1.165) is 0 Å². The molecule has 1 heterocycles. The van der Waals surface area contributed by atoms with Crippen molar-refractivity contribution in [1.82, 2.24) is 4.98 Å². The van der Waals surface area contributed by atoms with Gasteiger partial charge in [0.25, 0.3) is 6.43 Å². The minimum Gasteiger partial charge on any atom is -0.243 e. The van der Waals surface area contributed by atoms with E-state index in [-0.39, 0.29) is 17.7 Å². The molecule has 0 atom stereocenters. The van der Waals surface area contributed by atoms with Crippen LogP contribution in [0.1, 0.15) is 17.7 Å². The van der Waals surface area contributed by atoms with Gasteiger partial charge in [0.05, 0.1) is 22.7 Å². The molecule has 0 N–H and O–H groups in total. The van der Waals surface area contributed by atoms with Crippen LogP contribution < -0.4 is 0 Å². The molecule has 1 rings (SSSR count). The average Bonchev–Trinajstić information content (AvgIpc) is 2.11. The molecule has 0 fully saturated rings. The van der Waals surface area contributed by atoms with Crippen LogP contribution in [0.25, 0.3) is 0 Å². The molecule has 2 nitrogen and oxygen atoms in total. The highest BCUT2D eigenvalue weighted by Crippen LogP contribution is 2.29. The Labute approximate surface area is 96.2 Å². The molecule has 1 aromatic rings. The van der Waals surface area contributed by atoms with Gasteiger partial charge in [0.2, 0.25) is 0 Å². The topological polar surface area (TPSA) is 36.7 Å². The second-order valence-electron chi connectivity index (χ2n) is 2.43. The Balaban J connectivity index is 3.25. The number of nitrogens with zero attached hydrogens (tertiary/aromatic N) is 2. The monoisotopic (exact) mass is 324 g/mol. The highest BCUT2D eigenvalue weighted by atomic mass is 79.9. The SMILES string of the molecule is N#CCc1nc(Br)c(Br)cc1C(F)F. The van der Waals surface area contributed by atoms with Gasteiger partial charge in [-0.25, -0.2) is 13.8 Å². The summed E-state index contributed by atoms with van der Waals surface area (Å²) in [6.45, 7) is 0. The molecule has 0 saturated carbocycles. The Hall–Kier alpha value is -0.540. The van der Waals surface area contributed by atoms with Crippen LogP contribution in [0, 0.1) is 11.3 Å². The molecule has 0 saturated heterocycles. The molecular formula is C8H4Br2F2N2. The van der Waals surface area contributed by atoms with Crippen LogP contribution in [0.3, 0.4) is 0 Å². The largest absolute Gasteiger partial charge is 0.265 e. The predicted octanol–water partition coefficient (Wildman–Crippen LogP) is 3.61. The number of nitriles is 1. The van der Waals surface area contributed by atoms with Crippen LogP contribution in [-0.2, 0) is 6.42 Å². The summed E-state index contributed by atoms with van der Waals surface area (Å²) in [7, 11) is 0. The first-order valence-electron chi connectivity index (χ1n) is 3.56. The lowest BCUT2D eigenvalue weighted by atomic mass is 10.1. The number of hydrogen-bond acceptors (Lipinski definition) is 2. The molecule has 0 aromatic carbocycles. The minimum absolute atomic E-state index is 0.109. The Morgan fingerprint density at radius 2 is 2.14 bits per heavy atom. The molecule has 0 radical (unpaired) electrons. The van der Waals surface area contributed by atoms with Gasteiger partial charge < -0.3 is 0 Å². The molecule has 0 amide bonds. The van der Waals surface area contributed by atoms with Gasteiger partial charge in [0.1, 0.15) is 4.60 Å². The van der Waals surface area contributed by atoms with Gasteiger partial charge in [-0.15, -0.1) is 0 Å². The molecule has 0 aliphatic rings. The van der Waals surface area contributed by atoms with Crippen molar-refractivity contribution in [1.29, 1.82) is 5.26 Å². The Morgan fingerprint density at radius 1 is 1.50 bits per heavy atom. The summed E-state index contributed by atoms with van der Waals surface area (Å²) in [5.41, 5.74) is -0.0980. The second-order valence-corrected chi connectivity index (χ2v) is 4.04. The summed E-state index contributed by atoms with van der Waals surface area (Å²) in [4.78, 5) is 3.85. The molecule has 74 valence electrons. The lowest BCUT2D eigenvalue weighted by Crippen LogP contribution is -1.98. The maximum absolute atomic E-state index is 12.5. The fourth-order valence-corrected chi connectivity index (χ4v) is 1.59. The van der Waals surface area contributed by atoms with Gasteiger partial charge in [-0.3, -0.25) is 0 Å². The van der Waals surface area contributed by atoms with Gasteiger partial charge in [0, 0.05) is 5.56 Å². The highest BCUT2D eigenvalue weighted by molar-refractivity contribution is 9.13. The second kappa shape index (κ2) is 4.80. The van der Waals surface area contributed by atoms with Crippen molar-refractivity contribution >= 4 is 31.9 Å². The summed E-state index contributed by atoms with van der Waals surface area (Å²) in [6, 6.07) is 3.07. The Morgan fingerprint density at radius 3 is 2.64 bits per heavy atom. The van der Waals surface area contributed by atoms with Crippen molar-refractivity contribution in [3.63, 3.8) is 0 Å². The normalized spacial score (nSPS) is 10.3. The lowest BCUT2D eigenvalue weighted by Gasteiger charge is -2.06. The quantitative estimate of drug-likeness (QED) is 0.779. The molecule has 0 spiro atoms. The number of rotatable bonds is 2. The molecule has 0 aliphatic heterocycles. The van der Waals surface area contributed by atoms with Crippen LogP contribution in [0.5, 0.6) is 0 Å². The van der Waals surface area contributed by atoms with Crippen LogP contribution in [0.15, 0.2) is 15.1 Å². The summed E-state index contributed by atoms with van der Waals surface area (Å²) in [5, 5.41) is 8.42. The summed E-state index contributed by atoms with van der Waals surface area (Å²) >= 11 is 6.16. The Kier molecular flexibility index (Phi) is 3.96. The van der Waals surface area contributed by atoms with E-state index in [4.69, 9.17) is 5.26 Å².